The third kappa shape index (κ3) is 9.53. The second-order valence-electron chi connectivity index (χ2n) is 2.93. The van der Waals surface area contributed by atoms with Gasteiger partial charge < -0.3 is 27.3 Å². The van der Waals surface area contributed by atoms with E-state index in [1.807, 2.05) is 6.92 Å². The van der Waals surface area contributed by atoms with Gasteiger partial charge in [0, 0.05) is 0 Å². The minimum atomic E-state index is -5.02. The van der Waals surface area contributed by atoms with Crippen molar-refractivity contribution in [2.24, 2.45) is 5.92 Å². The molecule has 0 amide bonds. The first-order chi connectivity index (χ1) is 6.66. The van der Waals surface area contributed by atoms with Crippen LogP contribution < -0.4 is 0 Å². The quantitative estimate of drug-likeness (QED) is 0.463. The van der Waals surface area contributed by atoms with E-state index < -0.39 is 15.6 Å². The van der Waals surface area contributed by atoms with E-state index in [0.717, 1.165) is 0 Å². The molecule has 3 N–H and O–H groups in total. The van der Waals surface area contributed by atoms with Gasteiger partial charge in [-0.25, -0.2) is 9.13 Å². The van der Waals surface area contributed by atoms with Crippen molar-refractivity contribution in [2.75, 3.05) is 12.4 Å². The predicted octanol–water partition coefficient (Wildman–Crippen LogP) is 0.786. The van der Waals surface area contributed by atoms with E-state index in [1.54, 1.807) is 0 Å². The molecule has 0 saturated carbocycles. The summed E-state index contributed by atoms with van der Waals surface area (Å²) in [5, 5.41) is 0. The molecule has 0 radical (unpaired) electrons. The van der Waals surface area contributed by atoms with Crippen molar-refractivity contribution in [1.82, 2.24) is 0 Å². The summed E-state index contributed by atoms with van der Waals surface area (Å²) in [6.07, 6.45) is 0.415. The Balaban J connectivity index is 3.95. The Morgan fingerprint density at radius 3 is 2.27 bits per heavy atom. The van der Waals surface area contributed by atoms with Crippen molar-refractivity contribution in [1.29, 1.82) is 0 Å². The lowest BCUT2D eigenvalue weighted by atomic mass is 10.1. The highest BCUT2D eigenvalue weighted by atomic mass is 32.1. The highest BCUT2D eigenvalue weighted by Gasteiger charge is 2.31. The molecule has 0 aliphatic rings. The van der Waals surface area contributed by atoms with Gasteiger partial charge in [0.1, 0.15) is 0 Å². The van der Waals surface area contributed by atoms with Crippen LogP contribution in [-0.4, -0.2) is 27.0 Å². The third-order valence-corrected chi connectivity index (χ3v) is 4.11. The van der Waals surface area contributed by atoms with E-state index in [0.29, 0.717) is 12.2 Å². The van der Waals surface area contributed by atoms with Crippen molar-refractivity contribution in [3.8, 4) is 0 Å². The van der Waals surface area contributed by atoms with E-state index in [1.165, 1.54) is 0 Å². The molecule has 2 atom stereocenters. The molecule has 0 aliphatic carbocycles. The summed E-state index contributed by atoms with van der Waals surface area (Å²) in [7, 11) is -9.69. The molecule has 0 aliphatic heterocycles. The molecule has 7 nitrogen and oxygen atoms in total. The normalized spacial score (nSPS) is 18.5. The van der Waals surface area contributed by atoms with Crippen LogP contribution in [0, 0.1) is 5.92 Å². The lowest BCUT2D eigenvalue weighted by molar-refractivity contribution is 0.172. The third-order valence-electron chi connectivity index (χ3n) is 1.36. The van der Waals surface area contributed by atoms with E-state index in [2.05, 4.69) is 8.83 Å². The van der Waals surface area contributed by atoms with Gasteiger partial charge in [0.05, 0.1) is 6.61 Å². The Bertz CT molecular complexity index is 277. The smallest absolute Gasteiger partial charge is 0.481 e. The highest BCUT2D eigenvalue weighted by Crippen LogP contribution is 2.57. The summed E-state index contributed by atoms with van der Waals surface area (Å²) in [5.41, 5.74) is 0. The number of rotatable bonds is 7. The molecule has 0 aromatic carbocycles. The van der Waals surface area contributed by atoms with Crippen LogP contribution in [0.25, 0.3) is 0 Å². The molecule has 0 aromatic heterocycles. The van der Waals surface area contributed by atoms with Gasteiger partial charge in [-0.3, -0.25) is 4.52 Å². The largest absolute Gasteiger partial charge is 0.792 e. The molecule has 92 valence electrons. The first kappa shape index (κ1) is 15.6. The van der Waals surface area contributed by atoms with E-state index in [9.17, 15) is 9.13 Å². The summed E-state index contributed by atoms with van der Waals surface area (Å²) < 4.78 is 29.0. The zero-order valence-corrected chi connectivity index (χ0v) is 10.6. The van der Waals surface area contributed by atoms with Gasteiger partial charge in [0.2, 0.25) is 0 Å². The summed E-state index contributed by atoms with van der Waals surface area (Å²) in [5.74, 6) is 0.591. The average Bonchev–Trinajstić information content (AvgIpc) is 1.98. The molecule has 15 heavy (non-hydrogen) atoms. The number of hydrogen-bond donors (Lipinski definition) is 3. The summed E-state index contributed by atoms with van der Waals surface area (Å²) in [4.78, 5) is 25.4. The molecule has 0 fully saturated rings. The van der Waals surface area contributed by atoms with Gasteiger partial charge in [-0.2, -0.15) is 10.1 Å². The Kier molecular flexibility index (Phi) is 6.63. The molecular formula is C5H13O7P2S-. The van der Waals surface area contributed by atoms with Crippen LogP contribution in [0.5, 0.6) is 0 Å². The molecule has 2 unspecified atom stereocenters. The van der Waals surface area contributed by atoms with Crippen LogP contribution in [0.15, 0.2) is 0 Å². The molecule has 10 heteroatoms. The molecule has 0 aromatic rings. The van der Waals surface area contributed by atoms with Crippen LogP contribution in [0.3, 0.4) is 0 Å². The average molecular weight is 279 g/mol. The molecule has 0 bridgehead atoms. The fraction of sp³-hybridized carbons (Fsp3) is 1.00. The Morgan fingerprint density at radius 1 is 1.33 bits per heavy atom. The van der Waals surface area contributed by atoms with E-state index in [4.69, 9.17) is 27.3 Å². The molecule has 0 spiro atoms. The fourth-order valence-corrected chi connectivity index (χ4v) is 2.38. The van der Waals surface area contributed by atoms with E-state index >= 15 is 0 Å². The van der Waals surface area contributed by atoms with Gasteiger partial charge in [-0.1, -0.05) is 12.8 Å². The number of phosphoric ester groups is 1. The number of phosphoric acid groups is 2. The second-order valence-corrected chi connectivity index (χ2v) is 6.10. The minimum absolute atomic E-state index is 0.120. The van der Waals surface area contributed by atoms with Crippen LogP contribution in [-0.2, 0) is 30.6 Å². The molecule has 0 heterocycles. The van der Waals surface area contributed by atoms with Gasteiger partial charge in [0.15, 0.2) is 0 Å². The highest BCUT2D eigenvalue weighted by molar-refractivity contribution is 7.60. The lowest BCUT2D eigenvalue weighted by Crippen LogP contribution is -2.04. The lowest BCUT2D eigenvalue weighted by Gasteiger charge is -2.16. The van der Waals surface area contributed by atoms with Gasteiger partial charge >= 0.3 is 15.6 Å². The Morgan fingerprint density at radius 2 is 1.87 bits per heavy atom. The van der Waals surface area contributed by atoms with Crippen molar-refractivity contribution in [3.05, 3.63) is 0 Å². The monoisotopic (exact) mass is 279 g/mol. The first-order valence-corrected chi connectivity index (χ1v) is 7.59. The van der Waals surface area contributed by atoms with Crippen LogP contribution >= 0.6 is 15.6 Å². The maximum absolute atomic E-state index is 10.9. The van der Waals surface area contributed by atoms with Crippen molar-refractivity contribution in [2.45, 2.75) is 13.3 Å². The topological polar surface area (TPSA) is 113 Å². The van der Waals surface area contributed by atoms with E-state index in [-0.39, 0.29) is 12.5 Å². The second kappa shape index (κ2) is 6.37. The summed E-state index contributed by atoms with van der Waals surface area (Å²) in [6, 6.07) is 0. The van der Waals surface area contributed by atoms with Crippen molar-refractivity contribution >= 4 is 28.3 Å². The summed E-state index contributed by atoms with van der Waals surface area (Å²) >= 11 is 4.73. The first-order valence-electron chi connectivity index (χ1n) is 3.98. The van der Waals surface area contributed by atoms with Gasteiger partial charge in [0.25, 0.3) is 0 Å². The number of hydrogen-bond acceptors (Lipinski definition) is 5. The zero-order chi connectivity index (χ0) is 12.1. The molecular weight excluding hydrogens is 266 g/mol. The molecule has 0 rings (SSSR count). The van der Waals surface area contributed by atoms with Crippen molar-refractivity contribution in [3.63, 3.8) is 0 Å². The maximum atomic E-state index is 10.9. The van der Waals surface area contributed by atoms with Crippen LogP contribution in [0.4, 0.5) is 0 Å². The maximum Gasteiger partial charge on any atom is 0.481 e. The Hall–Kier alpha value is 0.610. The molecule has 0 saturated heterocycles. The van der Waals surface area contributed by atoms with Crippen molar-refractivity contribution < 1.29 is 32.6 Å². The Labute approximate surface area is 93.1 Å². The fourth-order valence-electron chi connectivity index (χ4n) is 0.611. The minimum Gasteiger partial charge on any atom is -0.792 e. The zero-order valence-electron chi connectivity index (χ0n) is 7.98. The SMILES string of the molecule is CC(C[S-])CCOP(=O)(O)OP(=O)(O)O. The van der Waals surface area contributed by atoms with Crippen LogP contribution in [0.1, 0.15) is 13.3 Å². The van der Waals surface area contributed by atoms with Crippen LogP contribution in [0.2, 0.25) is 0 Å². The predicted molar refractivity (Wildman–Crippen MR) is 54.9 cm³/mol. The van der Waals surface area contributed by atoms with Gasteiger partial charge in [-0.15, -0.1) is 0 Å². The summed E-state index contributed by atoms with van der Waals surface area (Å²) in [6.45, 7) is 1.67. The van der Waals surface area contributed by atoms with Gasteiger partial charge in [-0.05, 0) is 6.42 Å². The standard InChI is InChI=1S/C5H14O7P2S/c1-5(4-15)2-3-11-14(9,10)12-13(6,7)8/h5,15H,2-4H2,1H3,(H,9,10)(H2,6,7,8)/p-1.